The van der Waals surface area contributed by atoms with Crippen molar-refractivity contribution >= 4 is 17.6 Å². The summed E-state index contributed by atoms with van der Waals surface area (Å²) in [5.74, 6) is -0.638. The minimum absolute atomic E-state index is 0.131. The van der Waals surface area contributed by atoms with Gasteiger partial charge in [0.1, 0.15) is 5.69 Å². The average molecular weight is 368 g/mol. The fourth-order valence-corrected chi connectivity index (χ4v) is 3.36. The maximum Gasteiger partial charge on any atom is 0.322 e. The molecular weight excluding hydrogens is 344 g/mol. The summed E-state index contributed by atoms with van der Waals surface area (Å²) >= 11 is 0. The molecule has 3 N–H and O–H groups in total. The molecule has 142 valence electrons. The van der Waals surface area contributed by atoms with Crippen molar-refractivity contribution in [1.82, 2.24) is 15.4 Å². The Labute approximate surface area is 158 Å². The molecule has 27 heavy (non-hydrogen) atoms. The molecule has 0 saturated carbocycles. The molecule has 1 aliphatic heterocycles. The molecule has 0 saturated heterocycles. The van der Waals surface area contributed by atoms with Crippen LogP contribution in [-0.2, 0) is 25.8 Å². The molecule has 7 nitrogen and oxygen atoms in total. The minimum Gasteiger partial charge on any atom is -0.320 e. The van der Waals surface area contributed by atoms with Crippen molar-refractivity contribution in [3.05, 3.63) is 58.4 Å². The van der Waals surface area contributed by atoms with Crippen LogP contribution in [0.5, 0.6) is 0 Å². The summed E-state index contributed by atoms with van der Waals surface area (Å²) in [5.41, 5.74) is 6.60. The average Bonchev–Trinajstić information content (AvgIpc) is 2.72. The van der Waals surface area contributed by atoms with Gasteiger partial charge in [0, 0.05) is 30.9 Å². The summed E-state index contributed by atoms with van der Waals surface area (Å²) in [6.07, 6.45) is 2.27. The second-order valence-electron chi connectivity index (χ2n) is 6.50. The molecule has 3 amide bonds. The quantitative estimate of drug-likeness (QED) is 0.571. The molecule has 1 aliphatic rings. The molecule has 0 radical (unpaired) electrons. The van der Waals surface area contributed by atoms with E-state index in [1.54, 1.807) is 22.5 Å². The number of aryl methyl sites for hydroxylation is 2. The third-order valence-corrected chi connectivity index (χ3v) is 4.90. The van der Waals surface area contributed by atoms with Gasteiger partial charge in [-0.3, -0.25) is 10.0 Å². The predicted octanol–water partition coefficient (Wildman–Crippen LogP) is 2.92. The normalized spacial score (nSPS) is 13.1. The Balaban J connectivity index is 1.76. The zero-order valence-corrected chi connectivity index (χ0v) is 15.6. The molecule has 1 aromatic carbocycles. The van der Waals surface area contributed by atoms with Crippen molar-refractivity contribution in [2.75, 3.05) is 11.9 Å². The predicted molar refractivity (Wildman–Crippen MR) is 102 cm³/mol. The number of aromatic nitrogens is 1. The molecule has 0 unspecified atom stereocenters. The first-order valence-electron chi connectivity index (χ1n) is 9.17. The first kappa shape index (κ1) is 18.8. The molecule has 0 bridgehead atoms. The maximum atomic E-state index is 12.8. The minimum atomic E-state index is -0.638. The Bertz CT molecular complexity index is 844. The third-order valence-electron chi connectivity index (χ3n) is 4.90. The third kappa shape index (κ3) is 3.93. The van der Waals surface area contributed by atoms with E-state index in [4.69, 9.17) is 5.21 Å². The summed E-state index contributed by atoms with van der Waals surface area (Å²) in [4.78, 5) is 30.4. The lowest BCUT2D eigenvalue weighted by Crippen LogP contribution is -2.39. The second kappa shape index (κ2) is 8.18. The van der Waals surface area contributed by atoms with Crippen LogP contribution in [-0.4, -0.2) is 33.6 Å². The van der Waals surface area contributed by atoms with E-state index >= 15 is 0 Å². The lowest BCUT2D eigenvalue weighted by Gasteiger charge is -2.29. The maximum absolute atomic E-state index is 12.8. The highest BCUT2D eigenvalue weighted by Gasteiger charge is 2.23. The molecule has 0 fully saturated rings. The number of amides is 3. The zero-order valence-electron chi connectivity index (χ0n) is 15.6. The van der Waals surface area contributed by atoms with E-state index in [1.807, 2.05) is 18.2 Å². The summed E-state index contributed by atoms with van der Waals surface area (Å²) < 4.78 is 0. The Morgan fingerprint density at radius 3 is 2.48 bits per heavy atom. The van der Waals surface area contributed by atoms with E-state index in [-0.39, 0.29) is 11.7 Å². The van der Waals surface area contributed by atoms with Crippen molar-refractivity contribution in [3.63, 3.8) is 0 Å². The molecule has 7 heteroatoms. The van der Waals surface area contributed by atoms with Crippen LogP contribution in [0.15, 0.2) is 30.3 Å². The Morgan fingerprint density at radius 1 is 1.15 bits per heavy atom. The fourth-order valence-electron chi connectivity index (χ4n) is 3.36. The fraction of sp³-hybridized carbons (Fsp3) is 0.350. The van der Waals surface area contributed by atoms with Crippen molar-refractivity contribution < 1.29 is 14.8 Å². The lowest BCUT2D eigenvalue weighted by atomic mass is 10.0. The number of hydrogen-bond donors (Lipinski definition) is 3. The van der Waals surface area contributed by atoms with E-state index in [2.05, 4.69) is 24.1 Å². The number of nitrogens with one attached hydrogen (secondary N) is 2. The number of urea groups is 1. The standard InChI is InChI=1S/C20H24N4O3/c1-3-13-6-5-7-14(4-2)18(13)22-20(26)24-11-10-16-15(12-24)8-9-17(21-16)19(25)23-27/h5-9,27H,3-4,10-12H2,1-2H3,(H,22,26)(H,23,25). The monoisotopic (exact) mass is 368 g/mol. The van der Waals surface area contributed by atoms with Crippen LogP contribution in [0.4, 0.5) is 10.5 Å². The number of hydrogen-bond acceptors (Lipinski definition) is 4. The van der Waals surface area contributed by atoms with Gasteiger partial charge in [-0.05, 0) is 35.6 Å². The Kier molecular flexibility index (Phi) is 5.71. The number of carbonyl (C=O) groups excluding carboxylic acids is 2. The zero-order chi connectivity index (χ0) is 19.4. The number of hydroxylamine groups is 1. The SMILES string of the molecule is CCc1cccc(CC)c1NC(=O)N1CCc2nc(C(=O)NO)ccc2C1. The Hall–Kier alpha value is -2.93. The molecule has 0 aliphatic carbocycles. The van der Waals surface area contributed by atoms with Crippen molar-refractivity contribution in [3.8, 4) is 0 Å². The summed E-state index contributed by atoms with van der Waals surface area (Å²) in [6.45, 7) is 5.11. The number of pyridine rings is 1. The molecule has 1 aromatic heterocycles. The smallest absolute Gasteiger partial charge is 0.320 e. The van der Waals surface area contributed by atoms with E-state index in [0.717, 1.165) is 40.9 Å². The molecule has 0 spiro atoms. The van der Waals surface area contributed by atoms with Gasteiger partial charge < -0.3 is 10.2 Å². The van der Waals surface area contributed by atoms with E-state index in [1.165, 1.54) is 0 Å². The van der Waals surface area contributed by atoms with Crippen LogP contribution in [0.3, 0.4) is 0 Å². The summed E-state index contributed by atoms with van der Waals surface area (Å²) in [7, 11) is 0. The van der Waals surface area contributed by atoms with E-state index in [0.29, 0.717) is 19.5 Å². The lowest BCUT2D eigenvalue weighted by molar-refractivity contribution is 0.0700. The van der Waals surface area contributed by atoms with Crippen LogP contribution in [0.1, 0.15) is 46.7 Å². The number of benzene rings is 1. The highest BCUT2D eigenvalue weighted by molar-refractivity contribution is 5.92. The number of fused-ring (bicyclic) bond motifs is 1. The Morgan fingerprint density at radius 2 is 1.85 bits per heavy atom. The van der Waals surface area contributed by atoms with Gasteiger partial charge in [0.2, 0.25) is 0 Å². The topological polar surface area (TPSA) is 94.6 Å². The van der Waals surface area contributed by atoms with Gasteiger partial charge in [-0.1, -0.05) is 38.1 Å². The van der Waals surface area contributed by atoms with Crippen LogP contribution in [0, 0.1) is 0 Å². The highest BCUT2D eigenvalue weighted by atomic mass is 16.5. The molecule has 3 rings (SSSR count). The van der Waals surface area contributed by atoms with Crippen LogP contribution < -0.4 is 10.8 Å². The molecule has 2 aromatic rings. The molecule has 2 heterocycles. The first-order valence-corrected chi connectivity index (χ1v) is 9.17. The van der Waals surface area contributed by atoms with E-state index in [9.17, 15) is 9.59 Å². The van der Waals surface area contributed by atoms with Crippen LogP contribution in [0.25, 0.3) is 0 Å². The number of nitrogens with zero attached hydrogens (tertiary/aromatic N) is 2. The van der Waals surface area contributed by atoms with E-state index < -0.39 is 5.91 Å². The van der Waals surface area contributed by atoms with Crippen molar-refractivity contribution in [2.45, 2.75) is 39.7 Å². The number of para-hydroxylation sites is 1. The second-order valence-corrected chi connectivity index (χ2v) is 6.50. The number of carbonyl (C=O) groups is 2. The summed E-state index contributed by atoms with van der Waals surface area (Å²) in [5, 5.41) is 11.8. The number of anilines is 1. The molecule has 0 atom stereocenters. The van der Waals surface area contributed by atoms with Crippen molar-refractivity contribution in [1.29, 1.82) is 0 Å². The van der Waals surface area contributed by atoms with Gasteiger partial charge >= 0.3 is 6.03 Å². The van der Waals surface area contributed by atoms with Gasteiger partial charge in [-0.15, -0.1) is 0 Å². The highest BCUT2D eigenvalue weighted by Crippen LogP contribution is 2.24. The van der Waals surface area contributed by atoms with Gasteiger partial charge in [0.25, 0.3) is 5.91 Å². The van der Waals surface area contributed by atoms with Gasteiger partial charge in [0.15, 0.2) is 0 Å². The van der Waals surface area contributed by atoms with Gasteiger partial charge in [0.05, 0.1) is 0 Å². The number of rotatable bonds is 4. The van der Waals surface area contributed by atoms with Crippen molar-refractivity contribution in [2.24, 2.45) is 0 Å². The largest absolute Gasteiger partial charge is 0.322 e. The van der Waals surface area contributed by atoms with Gasteiger partial charge in [-0.25, -0.2) is 15.3 Å². The molecular formula is C20H24N4O3. The van der Waals surface area contributed by atoms with Crippen LogP contribution >= 0.6 is 0 Å². The van der Waals surface area contributed by atoms with Gasteiger partial charge in [-0.2, -0.15) is 0 Å². The van der Waals surface area contributed by atoms with Crippen LogP contribution in [0.2, 0.25) is 0 Å². The summed E-state index contributed by atoms with van der Waals surface area (Å²) in [6, 6.07) is 9.30. The first-order chi connectivity index (χ1) is 13.1.